The molecule has 0 amide bonds. The highest BCUT2D eigenvalue weighted by Gasteiger charge is 2.43. The summed E-state index contributed by atoms with van der Waals surface area (Å²) in [5, 5.41) is 0. The van der Waals surface area contributed by atoms with Crippen LogP contribution in [0.2, 0.25) is 0 Å². The van der Waals surface area contributed by atoms with Crippen molar-refractivity contribution in [1.82, 2.24) is 4.90 Å². The monoisotopic (exact) mass is 230 g/mol. The van der Waals surface area contributed by atoms with E-state index in [0.717, 1.165) is 0 Å². The van der Waals surface area contributed by atoms with Crippen LogP contribution in [-0.4, -0.2) is 30.1 Å². The molecule has 0 bridgehead atoms. The van der Waals surface area contributed by atoms with E-state index in [2.05, 4.69) is 42.2 Å². The van der Waals surface area contributed by atoms with E-state index in [1.54, 1.807) is 0 Å². The van der Waals surface area contributed by atoms with Crippen molar-refractivity contribution in [2.75, 3.05) is 13.1 Å². The molecule has 0 spiro atoms. The Morgan fingerprint density at radius 1 is 1.29 bits per heavy atom. The van der Waals surface area contributed by atoms with Gasteiger partial charge in [-0.25, -0.2) is 0 Å². The van der Waals surface area contributed by atoms with E-state index in [-0.39, 0.29) is 0 Å². The maximum atomic E-state index is 6.09. The van der Waals surface area contributed by atoms with Crippen LogP contribution in [0.4, 0.5) is 0 Å². The second-order valence-electron chi connectivity index (χ2n) is 6.04. The number of nitrogens with two attached hydrogens (primary N) is 1. The molecule has 3 atom stereocenters. The summed E-state index contributed by atoms with van der Waals surface area (Å²) in [5.74, 6) is 0. The average molecular weight is 230 g/mol. The quantitative estimate of drug-likeness (QED) is 0.801. The molecule has 0 aliphatic carbocycles. The Morgan fingerprint density at radius 3 is 2.82 bits per heavy atom. The molecule has 2 N–H and O–H groups in total. The number of hydrogen-bond donors (Lipinski definition) is 1. The van der Waals surface area contributed by atoms with Gasteiger partial charge in [0.2, 0.25) is 0 Å². The Morgan fingerprint density at radius 2 is 2.06 bits per heavy atom. The summed E-state index contributed by atoms with van der Waals surface area (Å²) >= 11 is 0. The lowest BCUT2D eigenvalue weighted by molar-refractivity contribution is 0.180. The summed E-state index contributed by atoms with van der Waals surface area (Å²) in [7, 11) is 0. The Hall–Kier alpha value is -0.860. The molecule has 92 valence electrons. The van der Waals surface area contributed by atoms with Gasteiger partial charge in [-0.1, -0.05) is 37.3 Å². The highest BCUT2D eigenvalue weighted by atomic mass is 15.2. The summed E-state index contributed by atoms with van der Waals surface area (Å²) < 4.78 is 0. The Labute approximate surface area is 104 Å². The van der Waals surface area contributed by atoms with Crippen LogP contribution in [0.1, 0.15) is 31.7 Å². The van der Waals surface area contributed by atoms with Crippen molar-refractivity contribution < 1.29 is 0 Å². The van der Waals surface area contributed by atoms with Gasteiger partial charge in [-0.15, -0.1) is 0 Å². The fourth-order valence-electron chi connectivity index (χ4n) is 3.63. The van der Waals surface area contributed by atoms with E-state index in [9.17, 15) is 0 Å². The molecule has 3 rings (SSSR count). The summed E-state index contributed by atoms with van der Waals surface area (Å²) in [4.78, 5) is 2.65. The fourth-order valence-corrected chi connectivity index (χ4v) is 3.63. The third kappa shape index (κ3) is 2.00. The minimum Gasteiger partial charge on any atom is -0.328 e. The van der Waals surface area contributed by atoms with Crippen molar-refractivity contribution in [3.8, 4) is 0 Å². The van der Waals surface area contributed by atoms with Gasteiger partial charge >= 0.3 is 0 Å². The molecule has 0 radical (unpaired) electrons. The number of nitrogens with zero attached hydrogens (tertiary/aromatic N) is 1. The van der Waals surface area contributed by atoms with Gasteiger partial charge in [-0.05, 0) is 31.4 Å². The largest absolute Gasteiger partial charge is 0.328 e. The van der Waals surface area contributed by atoms with Gasteiger partial charge in [-0.2, -0.15) is 0 Å². The maximum Gasteiger partial charge on any atom is 0.0119 e. The summed E-state index contributed by atoms with van der Waals surface area (Å²) in [6, 6.07) is 12.1. The first-order valence-corrected chi connectivity index (χ1v) is 6.72. The first-order chi connectivity index (χ1) is 8.17. The van der Waals surface area contributed by atoms with Gasteiger partial charge in [0.1, 0.15) is 0 Å². The van der Waals surface area contributed by atoms with Crippen molar-refractivity contribution in [3.63, 3.8) is 0 Å². The average Bonchev–Trinajstić information content (AvgIpc) is 2.67. The van der Waals surface area contributed by atoms with Crippen LogP contribution < -0.4 is 5.73 Å². The molecule has 2 aliphatic heterocycles. The molecule has 0 saturated carbocycles. The lowest BCUT2D eigenvalue weighted by atomic mass is 9.80. The standard InChI is InChI=1S/C15H22N2/c1-15(12-5-3-2-4-6-12)10-14-9-13(16)7-8-17(14)11-15/h2-6,13-14H,7-11,16H2,1H3. The Balaban J connectivity index is 1.82. The molecule has 2 nitrogen and oxygen atoms in total. The zero-order valence-electron chi connectivity index (χ0n) is 10.6. The number of rotatable bonds is 1. The first-order valence-electron chi connectivity index (χ1n) is 6.72. The van der Waals surface area contributed by atoms with Crippen molar-refractivity contribution in [2.24, 2.45) is 5.73 Å². The van der Waals surface area contributed by atoms with E-state index in [1.807, 2.05) is 0 Å². The van der Waals surface area contributed by atoms with E-state index in [4.69, 9.17) is 5.73 Å². The minimum absolute atomic E-state index is 0.329. The Kier molecular flexibility index (Phi) is 2.72. The van der Waals surface area contributed by atoms with Crippen molar-refractivity contribution >= 4 is 0 Å². The fraction of sp³-hybridized carbons (Fsp3) is 0.600. The summed E-state index contributed by atoms with van der Waals surface area (Å²) in [6.45, 7) is 4.80. The van der Waals surface area contributed by atoms with E-state index in [0.29, 0.717) is 17.5 Å². The molecule has 2 aliphatic rings. The molecular formula is C15H22N2. The first kappa shape index (κ1) is 11.2. The maximum absolute atomic E-state index is 6.09. The molecule has 1 aromatic rings. The predicted octanol–water partition coefficient (Wildman–Crippen LogP) is 2.14. The van der Waals surface area contributed by atoms with Gasteiger partial charge < -0.3 is 5.73 Å². The van der Waals surface area contributed by atoms with Gasteiger partial charge in [0.25, 0.3) is 0 Å². The zero-order chi connectivity index (χ0) is 11.9. The van der Waals surface area contributed by atoms with Crippen LogP contribution in [0.3, 0.4) is 0 Å². The van der Waals surface area contributed by atoms with Crippen molar-refractivity contribution in [2.45, 2.75) is 43.7 Å². The number of fused-ring (bicyclic) bond motifs is 1. The van der Waals surface area contributed by atoms with E-state index >= 15 is 0 Å². The van der Waals surface area contributed by atoms with Gasteiger partial charge in [0.15, 0.2) is 0 Å². The van der Waals surface area contributed by atoms with Gasteiger partial charge in [0, 0.05) is 24.0 Å². The van der Waals surface area contributed by atoms with Crippen LogP contribution >= 0.6 is 0 Å². The van der Waals surface area contributed by atoms with Crippen LogP contribution in [0.5, 0.6) is 0 Å². The highest BCUT2D eigenvalue weighted by Crippen LogP contribution is 2.40. The highest BCUT2D eigenvalue weighted by molar-refractivity contribution is 5.27. The second-order valence-corrected chi connectivity index (χ2v) is 6.04. The van der Waals surface area contributed by atoms with Crippen molar-refractivity contribution in [3.05, 3.63) is 35.9 Å². The molecule has 2 fully saturated rings. The van der Waals surface area contributed by atoms with Crippen LogP contribution in [0.15, 0.2) is 30.3 Å². The summed E-state index contributed by atoms with van der Waals surface area (Å²) in [5.41, 5.74) is 7.91. The van der Waals surface area contributed by atoms with E-state index in [1.165, 1.54) is 37.9 Å². The molecule has 2 heteroatoms. The van der Waals surface area contributed by atoms with Crippen LogP contribution in [-0.2, 0) is 5.41 Å². The molecular weight excluding hydrogens is 208 g/mol. The molecule has 3 unspecified atom stereocenters. The third-order valence-electron chi connectivity index (χ3n) is 4.59. The SMILES string of the molecule is CC1(c2ccccc2)CC2CC(N)CCN2C1. The number of hydrogen-bond acceptors (Lipinski definition) is 2. The van der Waals surface area contributed by atoms with Crippen molar-refractivity contribution in [1.29, 1.82) is 0 Å². The van der Waals surface area contributed by atoms with Gasteiger partial charge in [-0.3, -0.25) is 4.90 Å². The minimum atomic E-state index is 0.329. The topological polar surface area (TPSA) is 29.3 Å². The molecule has 2 saturated heterocycles. The lowest BCUT2D eigenvalue weighted by Crippen LogP contribution is -2.43. The second kappa shape index (κ2) is 4.11. The molecule has 2 heterocycles. The third-order valence-corrected chi connectivity index (χ3v) is 4.59. The predicted molar refractivity (Wildman–Crippen MR) is 71.0 cm³/mol. The molecule has 1 aromatic carbocycles. The zero-order valence-corrected chi connectivity index (χ0v) is 10.6. The van der Waals surface area contributed by atoms with Gasteiger partial charge in [0.05, 0.1) is 0 Å². The Bertz CT molecular complexity index is 389. The summed E-state index contributed by atoms with van der Waals surface area (Å²) in [6.07, 6.45) is 3.62. The number of piperidine rings is 1. The van der Waals surface area contributed by atoms with Crippen LogP contribution in [0, 0.1) is 0 Å². The molecule has 17 heavy (non-hydrogen) atoms. The lowest BCUT2D eigenvalue weighted by Gasteiger charge is -2.32. The number of benzene rings is 1. The van der Waals surface area contributed by atoms with Crippen LogP contribution in [0.25, 0.3) is 0 Å². The molecule has 0 aromatic heterocycles. The smallest absolute Gasteiger partial charge is 0.0119 e. The normalized spacial score (nSPS) is 38.0. The van der Waals surface area contributed by atoms with E-state index < -0.39 is 0 Å².